The topological polar surface area (TPSA) is 52.8 Å². The minimum Gasteiger partial charge on any atom is -0.504 e. The number of rotatable bonds is 2. The number of aromatic hydroxyl groups is 2. The van der Waals surface area contributed by atoms with E-state index in [0.717, 1.165) is 5.69 Å². The van der Waals surface area contributed by atoms with Gasteiger partial charge in [-0.25, -0.2) is 0 Å². The van der Waals surface area contributed by atoms with Crippen LogP contribution in [-0.4, -0.2) is 16.4 Å². The van der Waals surface area contributed by atoms with Crippen LogP contribution in [0.5, 0.6) is 11.5 Å². The van der Waals surface area contributed by atoms with Gasteiger partial charge in [-0.3, -0.25) is 4.99 Å². The highest BCUT2D eigenvalue weighted by molar-refractivity contribution is 5.86. The number of phenols is 2. The Morgan fingerprint density at radius 2 is 1.60 bits per heavy atom. The van der Waals surface area contributed by atoms with Crippen LogP contribution in [0.2, 0.25) is 0 Å². The van der Waals surface area contributed by atoms with Crippen molar-refractivity contribution in [2.75, 3.05) is 0 Å². The van der Waals surface area contributed by atoms with Gasteiger partial charge in [-0.05, 0) is 35.2 Å². The van der Waals surface area contributed by atoms with Crippen LogP contribution in [0.25, 0.3) is 0 Å². The number of aliphatic imine (C=N–C) groups is 1. The van der Waals surface area contributed by atoms with Crippen LogP contribution in [0.15, 0.2) is 47.5 Å². The van der Waals surface area contributed by atoms with Crippen molar-refractivity contribution in [3.63, 3.8) is 0 Å². The maximum Gasteiger partial charge on any atom is 0.166 e. The number of phenolic OH excluding ortho intramolecular Hbond substituents is 2. The van der Waals surface area contributed by atoms with Crippen molar-refractivity contribution >= 4 is 11.9 Å². The lowest BCUT2D eigenvalue weighted by Gasteiger charge is -2.18. The molecule has 0 radical (unpaired) electrons. The maximum atomic E-state index is 9.69. The first-order chi connectivity index (χ1) is 9.38. The molecule has 0 saturated heterocycles. The van der Waals surface area contributed by atoms with E-state index in [0.29, 0.717) is 5.56 Å². The molecule has 2 N–H and O–H groups in total. The third-order valence-electron chi connectivity index (χ3n) is 3.13. The smallest absolute Gasteiger partial charge is 0.166 e. The van der Waals surface area contributed by atoms with Crippen LogP contribution in [0.1, 0.15) is 31.9 Å². The molecule has 0 heterocycles. The summed E-state index contributed by atoms with van der Waals surface area (Å²) in [6.45, 7) is 6.49. The number of hydrogen-bond acceptors (Lipinski definition) is 3. The Kier molecular flexibility index (Phi) is 3.79. The van der Waals surface area contributed by atoms with Crippen LogP contribution in [0, 0.1) is 0 Å². The fraction of sp³-hybridized carbons (Fsp3) is 0.235. The number of hydrogen-bond donors (Lipinski definition) is 2. The van der Waals surface area contributed by atoms with Crippen LogP contribution in [-0.2, 0) is 5.41 Å². The van der Waals surface area contributed by atoms with E-state index in [2.05, 4.69) is 37.9 Å². The Balaban J connectivity index is 2.22. The van der Waals surface area contributed by atoms with E-state index in [4.69, 9.17) is 0 Å². The summed E-state index contributed by atoms with van der Waals surface area (Å²) < 4.78 is 0. The second-order valence-electron chi connectivity index (χ2n) is 5.77. The summed E-state index contributed by atoms with van der Waals surface area (Å²) >= 11 is 0. The summed E-state index contributed by atoms with van der Waals surface area (Å²) in [4.78, 5) is 4.31. The normalized spacial score (nSPS) is 11.9. The Hall–Kier alpha value is -2.29. The molecule has 0 bridgehead atoms. The summed E-state index contributed by atoms with van der Waals surface area (Å²) in [6.07, 6.45) is 1.54. The Labute approximate surface area is 119 Å². The Morgan fingerprint density at radius 3 is 2.20 bits per heavy atom. The van der Waals surface area contributed by atoms with Gasteiger partial charge in [-0.2, -0.15) is 0 Å². The zero-order valence-electron chi connectivity index (χ0n) is 12.0. The molecule has 2 rings (SSSR count). The molecule has 0 aliphatic rings. The second-order valence-corrected chi connectivity index (χ2v) is 5.77. The fourth-order valence-electron chi connectivity index (χ4n) is 1.84. The molecule has 3 heteroatoms. The lowest BCUT2D eigenvalue weighted by Crippen LogP contribution is -2.10. The van der Waals surface area contributed by atoms with Gasteiger partial charge in [-0.1, -0.05) is 39.0 Å². The van der Waals surface area contributed by atoms with Crippen molar-refractivity contribution in [3.8, 4) is 11.5 Å². The SMILES string of the molecule is CC(C)(C)c1ccc(N=Cc2cccc(O)c2O)cc1. The van der Waals surface area contributed by atoms with E-state index >= 15 is 0 Å². The van der Waals surface area contributed by atoms with E-state index in [1.54, 1.807) is 18.3 Å². The number of para-hydroxylation sites is 1. The summed E-state index contributed by atoms with van der Waals surface area (Å²) in [5.41, 5.74) is 2.66. The molecule has 0 aromatic heterocycles. The highest BCUT2D eigenvalue weighted by atomic mass is 16.3. The zero-order valence-corrected chi connectivity index (χ0v) is 12.0. The van der Waals surface area contributed by atoms with Gasteiger partial charge in [0.25, 0.3) is 0 Å². The highest BCUT2D eigenvalue weighted by Gasteiger charge is 2.12. The lowest BCUT2D eigenvalue weighted by molar-refractivity contribution is 0.403. The molecule has 3 nitrogen and oxygen atoms in total. The van der Waals surface area contributed by atoms with Crippen LogP contribution in [0.4, 0.5) is 5.69 Å². The van der Waals surface area contributed by atoms with Gasteiger partial charge in [0.2, 0.25) is 0 Å². The third-order valence-corrected chi connectivity index (χ3v) is 3.13. The summed E-state index contributed by atoms with van der Waals surface area (Å²) in [7, 11) is 0. The summed E-state index contributed by atoms with van der Waals surface area (Å²) in [6, 6.07) is 12.8. The van der Waals surface area contributed by atoms with Crippen LogP contribution >= 0.6 is 0 Å². The van der Waals surface area contributed by atoms with Crippen molar-refractivity contribution in [1.29, 1.82) is 0 Å². The first-order valence-electron chi connectivity index (χ1n) is 6.53. The van der Waals surface area contributed by atoms with Crippen molar-refractivity contribution in [1.82, 2.24) is 0 Å². The average Bonchev–Trinajstić information content (AvgIpc) is 2.40. The van der Waals surface area contributed by atoms with Gasteiger partial charge in [0, 0.05) is 11.8 Å². The Morgan fingerprint density at radius 1 is 0.950 bits per heavy atom. The van der Waals surface area contributed by atoms with Gasteiger partial charge in [0.1, 0.15) is 0 Å². The minimum absolute atomic E-state index is 0.117. The molecule has 2 aromatic carbocycles. The van der Waals surface area contributed by atoms with Gasteiger partial charge >= 0.3 is 0 Å². The van der Waals surface area contributed by atoms with Crippen LogP contribution in [0.3, 0.4) is 0 Å². The maximum absolute atomic E-state index is 9.69. The molecule has 20 heavy (non-hydrogen) atoms. The molecule has 2 aromatic rings. The lowest BCUT2D eigenvalue weighted by atomic mass is 9.87. The van der Waals surface area contributed by atoms with E-state index in [1.807, 2.05) is 12.1 Å². The first-order valence-corrected chi connectivity index (χ1v) is 6.53. The molecule has 0 unspecified atom stereocenters. The predicted octanol–water partition coefficient (Wildman–Crippen LogP) is 4.15. The largest absolute Gasteiger partial charge is 0.504 e. The molecule has 0 aliphatic carbocycles. The summed E-state index contributed by atoms with van der Waals surface area (Å²) in [5, 5.41) is 19.1. The second kappa shape index (κ2) is 5.37. The average molecular weight is 269 g/mol. The minimum atomic E-state index is -0.150. The highest BCUT2D eigenvalue weighted by Crippen LogP contribution is 2.28. The standard InChI is InChI=1S/C17H19NO2/c1-17(2,3)13-7-9-14(10-8-13)18-11-12-5-4-6-15(19)16(12)20/h4-11,19-20H,1-3H3. The van der Waals surface area contributed by atoms with Crippen molar-refractivity contribution in [3.05, 3.63) is 53.6 Å². The van der Waals surface area contributed by atoms with Gasteiger partial charge in [0.15, 0.2) is 11.5 Å². The number of nitrogens with zero attached hydrogens (tertiary/aromatic N) is 1. The van der Waals surface area contributed by atoms with Gasteiger partial charge < -0.3 is 10.2 Å². The molecule has 104 valence electrons. The van der Waals surface area contributed by atoms with Crippen molar-refractivity contribution in [2.45, 2.75) is 26.2 Å². The third kappa shape index (κ3) is 3.18. The molecular formula is C17H19NO2. The summed E-state index contributed by atoms with van der Waals surface area (Å²) in [5.74, 6) is -0.292. The van der Waals surface area contributed by atoms with Gasteiger partial charge in [-0.15, -0.1) is 0 Å². The van der Waals surface area contributed by atoms with Crippen molar-refractivity contribution in [2.24, 2.45) is 4.99 Å². The molecule has 0 amide bonds. The van der Waals surface area contributed by atoms with E-state index < -0.39 is 0 Å². The Bertz CT molecular complexity index is 622. The first kappa shape index (κ1) is 14.1. The quantitative estimate of drug-likeness (QED) is 0.635. The van der Waals surface area contributed by atoms with E-state index in [1.165, 1.54) is 11.6 Å². The van der Waals surface area contributed by atoms with E-state index in [-0.39, 0.29) is 16.9 Å². The molecular weight excluding hydrogens is 250 g/mol. The molecule has 0 aliphatic heterocycles. The zero-order chi connectivity index (χ0) is 14.8. The van der Waals surface area contributed by atoms with Gasteiger partial charge in [0.05, 0.1) is 5.69 Å². The molecule has 0 atom stereocenters. The fourth-order valence-corrected chi connectivity index (χ4v) is 1.84. The van der Waals surface area contributed by atoms with Crippen LogP contribution < -0.4 is 0 Å². The number of benzene rings is 2. The van der Waals surface area contributed by atoms with E-state index in [9.17, 15) is 10.2 Å². The van der Waals surface area contributed by atoms with Crippen molar-refractivity contribution < 1.29 is 10.2 Å². The molecule has 0 saturated carbocycles. The molecule has 0 spiro atoms. The predicted molar refractivity (Wildman–Crippen MR) is 82.2 cm³/mol. The monoisotopic (exact) mass is 269 g/mol. The molecule has 0 fully saturated rings.